The molecule has 0 spiro atoms. The summed E-state index contributed by atoms with van der Waals surface area (Å²) < 4.78 is 5.59. The molecule has 1 aliphatic heterocycles. The number of aromatic nitrogens is 1. The van der Waals surface area contributed by atoms with Crippen LogP contribution in [0.5, 0.6) is 0 Å². The van der Waals surface area contributed by atoms with E-state index in [1.165, 1.54) is 0 Å². The minimum absolute atomic E-state index is 0.00344. The van der Waals surface area contributed by atoms with Crippen molar-refractivity contribution in [3.8, 4) is 0 Å². The maximum atomic E-state index is 12.9. The highest BCUT2D eigenvalue weighted by molar-refractivity contribution is 5.80. The predicted octanol–water partition coefficient (Wildman–Crippen LogP) is 4.37. The van der Waals surface area contributed by atoms with E-state index < -0.39 is 5.60 Å². The number of hydrogen-bond donors (Lipinski definition) is 1. The summed E-state index contributed by atoms with van der Waals surface area (Å²) in [7, 11) is 0. The Morgan fingerprint density at radius 2 is 2.04 bits per heavy atom. The van der Waals surface area contributed by atoms with Crippen molar-refractivity contribution in [3.63, 3.8) is 0 Å². The first-order valence-corrected chi connectivity index (χ1v) is 8.86. The zero-order chi connectivity index (χ0) is 18.4. The predicted molar refractivity (Wildman–Crippen MR) is 98.5 cm³/mol. The Bertz CT molecular complexity index is 863. The van der Waals surface area contributed by atoms with Gasteiger partial charge in [0, 0.05) is 22.2 Å². The molecule has 1 aliphatic rings. The summed E-state index contributed by atoms with van der Waals surface area (Å²) in [6.45, 7) is 10.0. The molecule has 25 heavy (non-hydrogen) atoms. The molecule has 3 rings (SSSR count). The summed E-state index contributed by atoms with van der Waals surface area (Å²) in [5.74, 6) is 0.214. The van der Waals surface area contributed by atoms with E-state index in [9.17, 15) is 9.59 Å². The van der Waals surface area contributed by atoms with Gasteiger partial charge in [-0.05, 0) is 38.8 Å². The van der Waals surface area contributed by atoms with Gasteiger partial charge in [0.25, 0.3) is 0 Å². The van der Waals surface area contributed by atoms with Crippen molar-refractivity contribution in [2.45, 2.75) is 59.2 Å². The molecule has 1 aromatic heterocycles. The molecule has 5 heteroatoms. The smallest absolute Gasteiger partial charge is 0.411 e. The second kappa shape index (κ2) is 6.21. The summed E-state index contributed by atoms with van der Waals surface area (Å²) >= 11 is 0. The van der Waals surface area contributed by atoms with Gasteiger partial charge in [-0.1, -0.05) is 32.4 Å². The van der Waals surface area contributed by atoms with Crippen molar-refractivity contribution in [2.75, 3.05) is 0 Å². The molecule has 2 atom stereocenters. The van der Waals surface area contributed by atoms with Gasteiger partial charge in [-0.2, -0.15) is 0 Å². The number of carbonyl (C=O) groups is 1. The van der Waals surface area contributed by atoms with Crippen LogP contribution in [0.1, 0.15) is 58.3 Å². The largest absolute Gasteiger partial charge is 0.444 e. The number of pyridine rings is 1. The zero-order valence-electron chi connectivity index (χ0n) is 15.6. The topological polar surface area (TPSA) is 62.4 Å². The van der Waals surface area contributed by atoms with Crippen LogP contribution >= 0.6 is 0 Å². The summed E-state index contributed by atoms with van der Waals surface area (Å²) in [5, 5.41) is 0.662. The van der Waals surface area contributed by atoms with Crippen molar-refractivity contribution in [2.24, 2.45) is 5.92 Å². The van der Waals surface area contributed by atoms with Gasteiger partial charge in [-0.3, -0.25) is 9.69 Å². The van der Waals surface area contributed by atoms with E-state index in [2.05, 4.69) is 18.8 Å². The number of H-pyrrole nitrogens is 1. The summed E-state index contributed by atoms with van der Waals surface area (Å²) in [5.41, 5.74) is 1.77. The SMILES string of the molecule is CC[C@H](C)[C@H]1c2[nH]c3ccccc3c(=O)c2CN1C(=O)OC(C)(C)C. The molecule has 0 saturated carbocycles. The number of nitrogens with one attached hydrogen (secondary N) is 1. The highest BCUT2D eigenvalue weighted by atomic mass is 16.6. The molecule has 1 N–H and O–H groups in total. The molecule has 5 nitrogen and oxygen atoms in total. The van der Waals surface area contributed by atoms with Gasteiger partial charge in [0.1, 0.15) is 5.60 Å². The fourth-order valence-electron chi connectivity index (χ4n) is 3.44. The number of aromatic amines is 1. The minimum atomic E-state index is -0.569. The van der Waals surface area contributed by atoms with Crippen molar-refractivity contribution < 1.29 is 9.53 Å². The van der Waals surface area contributed by atoms with E-state index in [0.29, 0.717) is 17.5 Å². The Labute approximate surface area is 148 Å². The first-order valence-electron chi connectivity index (χ1n) is 8.86. The van der Waals surface area contributed by atoms with E-state index in [1.54, 1.807) is 4.90 Å². The lowest BCUT2D eigenvalue weighted by Gasteiger charge is -2.31. The van der Waals surface area contributed by atoms with Crippen LogP contribution in [0.2, 0.25) is 0 Å². The molecule has 0 saturated heterocycles. The Morgan fingerprint density at radius 1 is 1.36 bits per heavy atom. The van der Waals surface area contributed by atoms with E-state index >= 15 is 0 Å². The highest BCUT2D eigenvalue weighted by Crippen LogP contribution is 2.39. The summed E-state index contributed by atoms with van der Waals surface area (Å²) in [6.07, 6.45) is 0.531. The van der Waals surface area contributed by atoms with Crippen LogP contribution in [0, 0.1) is 5.92 Å². The van der Waals surface area contributed by atoms with Crippen LogP contribution in [0.4, 0.5) is 4.79 Å². The maximum absolute atomic E-state index is 12.9. The molecule has 1 aromatic carbocycles. The average molecular weight is 342 g/mol. The van der Waals surface area contributed by atoms with Crippen LogP contribution in [0.15, 0.2) is 29.1 Å². The van der Waals surface area contributed by atoms with Crippen LogP contribution in [0.3, 0.4) is 0 Å². The minimum Gasteiger partial charge on any atom is -0.444 e. The van der Waals surface area contributed by atoms with Crippen LogP contribution in [-0.2, 0) is 11.3 Å². The van der Waals surface area contributed by atoms with Crippen LogP contribution in [0.25, 0.3) is 10.9 Å². The number of para-hydroxylation sites is 1. The first kappa shape index (κ1) is 17.5. The Balaban J connectivity index is 2.11. The van der Waals surface area contributed by atoms with Crippen molar-refractivity contribution in [3.05, 3.63) is 45.7 Å². The Morgan fingerprint density at radius 3 is 2.68 bits per heavy atom. The lowest BCUT2D eigenvalue weighted by Crippen LogP contribution is -2.37. The summed E-state index contributed by atoms with van der Waals surface area (Å²) in [4.78, 5) is 30.8. The Kier molecular flexibility index (Phi) is 4.35. The fraction of sp³-hybridized carbons (Fsp3) is 0.500. The standard InChI is InChI=1S/C20H26N2O3/c1-6-12(2)17-16-14(11-22(17)19(24)25-20(3,4)5)18(23)13-9-7-8-10-15(13)21-16/h7-10,12,17H,6,11H2,1-5H3,(H,21,23)/t12-,17-/m0/s1. The molecule has 2 heterocycles. The molecule has 0 bridgehead atoms. The number of fused-ring (bicyclic) bond motifs is 2. The average Bonchev–Trinajstić information content (AvgIpc) is 2.92. The molecular formula is C20H26N2O3. The molecular weight excluding hydrogens is 316 g/mol. The van der Waals surface area contributed by atoms with Gasteiger partial charge in [0.2, 0.25) is 0 Å². The summed E-state index contributed by atoms with van der Waals surface area (Å²) in [6, 6.07) is 7.32. The normalized spacial score (nSPS) is 18.3. The first-order chi connectivity index (χ1) is 11.7. The third kappa shape index (κ3) is 3.15. The number of carbonyl (C=O) groups excluding carboxylic acids is 1. The Hall–Kier alpha value is -2.30. The lowest BCUT2D eigenvalue weighted by atomic mass is 9.95. The third-order valence-electron chi connectivity index (χ3n) is 4.81. The third-order valence-corrected chi connectivity index (χ3v) is 4.81. The zero-order valence-corrected chi connectivity index (χ0v) is 15.6. The number of hydrogen-bond acceptors (Lipinski definition) is 3. The van der Waals surface area contributed by atoms with E-state index in [-0.39, 0.29) is 23.5 Å². The monoisotopic (exact) mass is 342 g/mol. The van der Waals surface area contributed by atoms with E-state index in [4.69, 9.17) is 4.74 Å². The quantitative estimate of drug-likeness (QED) is 0.881. The molecule has 0 aliphatic carbocycles. The number of nitrogens with zero attached hydrogens (tertiary/aromatic N) is 1. The number of amides is 1. The van der Waals surface area contributed by atoms with Gasteiger partial charge >= 0.3 is 6.09 Å². The van der Waals surface area contributed by atoms with Gasteiger partial charge in [0.05, 0.1) is 12.6 Å². The molecule has 0 unspecified atom stereocenters. The lowest BCUT2D eigenvalue weighted by molar-refractivity contribution is 0.0113. The van der Waals surface area contributed by atoms with Gasteiger partial charge in [-0.15, -0.1) is 0 Å². The van der Waals surface area contributed by atoms with Gasteiger partial charge in [-0.25, -0.2) is 4.79 Å². The molecule has 134 valence electrons. The van der Waals surface area contributed by atoms with Gasteiger partial charge < -0.3 is 9.72 Å². The molecule has 0 fully saturated rings. The number of benzene rings is 1. The van der Waals surface area contributed by atoms with Crippen molar-refractivity contribution >= 4 is 17.0 Å². The van der Waals surface area contributed by atoms with E-state index in [0.717, 1.165) is 17.6 Å². The number of ether oxygens (including phenoxy) is 1. The number of rotatable bonds is 2. The van der Waals surface area contributed by atoms with Crippen molar-refractivity contribution in [1.82, 2.24) is 9.88 Å². The fourth-order valence-corrected chi connectivity index (χ4v) is 3.44. The molecule has 0 radical (unpaired) electrons. The maximum Gasteiger partial charge on any atom is 0.411 e. The second-order valence-electron chi connectivity index (χ2n) is 7.83. The van der Waals surface area contributed by atoms with E-state index in [1.807, 2.05) is 45.0 Å². The highest BCUT2D eigenvalue weighted by Gasteiger charge is 2.40. The van der Waals surface area contributed by atoms with Crippen LogP contribution < -0.4 is 5.43 Å². The molecule has 2 aromatic rings. The molecule has 1 amide bonds. The second-order valence-corrected chi connectivity index (χ2v) is 7.83. The van der Waals surface area contributed by atoms with Crippen molar-refractivity contribution in [1.29, 1.82) is 0 Å². The van der Waals surface area contributed by atoms with Crippen LogP contribution in [-0.4, -0.2) is 21.6 Å². The van der Waals surface area contributed by atoms with Gasteiger partial charge in [0.15, 0.2) is 5.43 Å².